The molecule has 0 heterocycles. The molecule has 92 valence electrons. The molecule has 0 aliphatic rings. The van der Waals surface area contributed by atoms with E-state index in [9.17, 15) is 9.59 Å². The zero-order valence-electron chi connectivity index (χ0n) is 9.10. The molecule has 6 N–H and O–H groups in total. The number of anilines is 1. The Morgan fingerprint density at radius 2 is 2.00 bits per heavy atom. The second-order valence-corrected chi connectivity index (χ2v) is 3.11. The second-order valence-electron chi connectivity index (χ2n) is 3.11. The van der Waals surface area contributed by atoms with Crippen LogP contribution in [0.25, 0.3) is 0 Å². The largest absolute Gasteiger partial charge is 0.448 e. The Morgan fingerprint density at radius 3 is 2.65 bits per heavy atom. The number of nitrogens with two attached hydrogens (primary N) is 2. The summed E-state index contributed by atoms with van der Waals surface area (Å²) in [6.45, 7) is 0.208. The lowest BCUT2D eigenvalue weighted by Gasteiger charge is -2.09. The summed E-state index contributed by atoms with van der Waals surface area (Å²) in [5, 5.41) is 2.56. The van der Waals surface area contributed by atoms with Crippen LogP contribution >= 0.6 is 0 Å². The molecule has 0 fully saturated rings. The Bertz CT molecular complexity index is 408. The van der Waals surface area contributed by atoms with Crippen molar-refractivity contribution in [3.63, 3.8) is 0 Å². The van der Waals surface area contributed by atoms with E-state index in [1.54, 1.807) is 24.3 Å². The van der Waals surface area contributed by atoms with Gasteiger partial charge in [0.05, 0.1) is 17.8 Å². The number of rotatable bonds is 5. The first kappa shape index (κ1) is 12.8. The summed E-state index contributed by atoms with van der Waals surface area (Å²) in [5.74, 6) is 4.95. The molecule has 0 atom stereocenters. The SMILES string of the molecule is NNc1ccccc1C(=O)NCCOC(N)=O. The van der Waals surface area contributed by atoms with Gasteiger partial charge in [0.25, 0.3) is 5.91 Å². The van der Waals surface area contributed by atoms with Gasteiger partial charge in [-0.05, 0) is 12.1 Å². The summed E-state index contributed by atoms with van der Waals surface area (Å²) in [7, 11) is 0. The van der Waals surface area contributed by atoms with Crippen LogP contribution < -0.4 is 22.3 Å². The third-order valence-electron chi connectivity index (χ3n) is 1.96. The maximum Gasteiger partial charge on any atom is 0.404 e. The zero-order chi connectivity index (χ0) is 12.7. The Balaban J connectivity index is 2.49. The number of para-hydroxylation sites is 1. The van der Waals surface area contributed by atoms with Crippen molar-refractivity contribution < 1.29 is 14.3 Å². The molecule has 0 aliphatic heterocycles. The third-order valence-corrected chi connectivity index (χ3v) is 1.96. The highest BCUT2D eigenvalue weighted by molar-refractivity contribution is 5.99. The molecule has 0 unspecified atom stereocenters. The highest BCUT2D eigenvalue weighted by atomic mass is 16.5. The lowest BCUT2D eigenvalue weighted by atomic mass is 10.1. The average molecular weight is 238 g/mol. The van der Waals surface area contributed by atoms with Gasteiger partial charge in [-0.15, -0.1) is 0 Å². The number of carbonyl (C=O) groups excluding carboxylic acids is 2. The minimum atomic E-state index is -0.872. The van der Waals surface area contributed by atoms with Crippen LogP contribution in [-0.2, 0) is 4.74 Å². The quantitative estimate of drug-likeness (QED) is 0.321. The van der Waals surface area contributed by atoms with Crippen molar-refractivity contribution >= 4 is 17.7 Å². The fourth-order valence-electron chi connectivity index (χ4n) is 1.22. The van der Waals surface area contributed by atoms with Crippen molar-refractivity contribution in [1.82, 2.24) is 5.32 Å². The number of amides is 2. The van der Waals surface area contributed by atoms with Crippen molar-refractivity contribution in [3.05, 3.63) is 29.8 Å². The Kier molecular flexibility index (Phi) is 4.77. The molecule has 0 radical (unpaired) electrons. The molecule has 1 rings (SSSR count). The minimum absolute atomic E-state index is 0.0271. The lowest BCUT2D eigenvalue weighted by molar-refractivity contribution is 0.0937. The van der Waals surface area contributed by atoms with Gasteiger partial charge in [-0.2, -0.15) is 0 Å². The normalized spacial score (nSPS) is 9.47. The molecule has 0 saturated carbocycles. The fraction of sp³-hybridized carbons (Fsp3) is 0.200. The molecular formula is C10H14N4O3. The van der Waals surface area contributed by atoms with Crippen molar-refractivity contribution in [3.8, 4) is 0 Å². The first-order valence-electron chi connectivity index (χ1n) is 4.91. The van der Waals surface area contributed by atoms with E-state index in [-0.39, 0.29) is 19.1 Å². The van der Waals surface area contributed by atoms with Crippen LogP contribution in [0.2, 0.25) is 0 Å². The predicted octanol–water partition coefficient (Wildman–Crippen LogP) is -0.203. The Morgan fingerprint density at radius 1 is 1.29 bits per heavy atom. The Hall–Kier alpha value is -2.28. The van der Waals surface area contributed by atoms with Gasteiger partial charge >= 0.3 is 6.09 Å². The van der Waals surface area contributed by atoms with Gasteiger partial charge in [-0.25, -0.2) is 4.79 Å². The van der Waals surface area contributed by atoms with Crippen LogP contribution in [-0.4, -0.2) is 25.2 Å². The molecule has 7 nitrogen and oxygen atoms in total. The average Bonchev–Trinajstić information content (AvgIpc) is 2.34. The van der Waals surface area contributed by atoms with Crippen LogP contribution in [0.5, 0.6) is 0 Å². The molecule has 0 spiro atoms. The van der Waals surface area contributed by atoms with Gasteiger partial charge in [-0.3, -0.25) is 10.6 Å². The van der Waals surface area contributed by atoms with Gasteiger partial charge in [0, 0.05) is 0 Å². The van der Waals surface area contributed by atoms with Crippen LogP contribution in [0.4, 0.5) is 10.5 Å². The molecule has 1 aromatic rings. The summed E-state index contributed by atoms with van der Waals surface area (Å²) in [5.41, 5.74) is 8.11. The maximum atomic E-state index is 11.7. The van der Waals surface area contributed by atoms with E-state index in [0.29, 0.717) is 11.3 Å². The molecule has 0 bridgehead atoms. The molecule has 0 saturated heterocycles. The summed E-state index contributed by atoms with van der Waals surface area (Å²) in [4.78, 5) is 22.0. The number of nitrogen functional groups attached to an aromatic ring is 1. The fourth-order valence-corrected chi connectivity index (χ4v) is 1.22. The molecule has 17 heavy (non-hydrogen) atoms. The number of benzene rings is 1. The molecule has 2 amide bonds. The van der Waals surface area contributed by atoms with E-state index in [1.807, 2.05) is 0 Å². The van der Waals surface area contributed by atoms with Gasteiger partial charge in [0.1, 0.15) is 6.61 Å². The summed E-state index contributed by atoms with van der Waals surface area (Å²) < 4.78 is 4.47. The lowest BCUT2D eigenvalue weighted by Crippen LogP contribution is -2.29. The van der Waals surface area contributed by atoms with E-state index in [4.69, 9.17) is 11.6 Å². The zero-order valence-corrected chi connectivity index (χ0v) is 9.10. The van der Waals surface area contributed by atoms with Crippen molar-refractivity contribution in [2.24, 2.45) is 11.6 Å². The predicted molar refractivity (Wildman–Crippen MR) is 62.1 cm³/mol. The molecule has 7 heteroatoms. The monoisotopic (exact) mass is 238 g/mol. The van der Waals surface area contributed by atoms with Crippen LogP contribution in [0, 0.1) is 0 Å². The third kappa shape index (κ3) is 3.99. The first-order chi connectivity index (χ1) is 8.15. The van der Waals surface area contributed by atoms with Crippen LogP contribution in [0.15, 0.2) is 24.3 Å². The number of nitrogens with one attached hydrogen (secondary N) is 2. The smallest absolute Gasteiger partial charge is 0.404 e. The van der Waals surface area contributed by atoms with Gasteiger partial charge in [0.2, 0.25) is 0 Å². The number of hydrogen-bond acceptors (Lipinski definition) is 5. The second kappa shape index (κ2) is 6.33. The van der Waals surface area contributed by atoms with Crippen molar-refractivity contribution in [2.45, 2.75) is 0 Å². The van der Waals surface area contributed by atoms with Crippen LogP contribution in [0.3, 0.4) is 0 Å². The first-order valence-corrected chi connectivity index (χ1v) is 4.91. The van der Waals surface area contributed by atoms with E-state index in [2.05, 4.69) is 15.5 Å². The van der Waals surface area contributed by atoms with Crippen molar-refractivity contribution in [1.29, 1.82) is 0 Å². The van der Waals surface area contributed by atoms with E-state index in [1.165, 1.54) is 0 Å². The number of primary amides is 1. The molecule has 0 aromatic heterocycles. The van der Waals surface area contributed by atoms with Crippen molar-refractivity contribution in [2.75, 3.05) is 18.6 Å². The number of hydrogen-bond donors (Lipinski definition) is 4. The minimum Gasteiger partial charge on any atom is -0.448 e. The number of ether oxygens (including phenoxy) is 1. The number of hydrazine groups is 1. The maximum absolute atomic E-state index is 11.7. The highest BCUT2D eigenvalue weighted by Gasteiger charge is 2.09. The van der Waals surface area contributed by atoms with Gasteiger partial charge < -0.3 is 21.2 Å². The number of carbonyl (C=O) groups is 2. The summed E-state index contributed by atoms with van der Waals surface area (Å²) in [6, 6.07) is 6.77. The Labute approximate surface area is 98.1 Å². The molecular weight excluding hydrogens is 224 g/mol. The van der Waals surface area contributed by atoms with Gasteiger partial charge in [-0.1, -0.05) is 12.1 Å². The van der Waals surface area contributed by atoms with Gasteiger partial charge in [0.15, 0.2) is 0 Å². The van der Waals surface area contributed by atoms with E-state index < -0.39 is 6.09 Å². The standard InChI is InChI=1S/C10H14N4O3/c11-10(16)17-6-5-13-9(15)7-3-1-2-4-8(7)14-12/h1-4,14H,5-6,12H2,(H2,11,16)(H,13,15). The van der Waals surface area contributed by atoms with E-state index >= 15 is 0 Å². The molecule has 0 aliphatic carbocycles. The molecule has 1 aromatic carbocycles. The topological polar surface area (TPSA) is 119 Å². The van der Waals surface area contributed by atoms with E-state index in [0.717, 1.165) is 0 Å². The van der Waals surface area contributed by atoms with Crippen LogP contribution in [0.1, 0.15) is 10.4 Å². The highest BCUT2D eigenvalue weighted by Crippen LogP contribution is 2.12. The summed E-state index contributed by atoms with van der Waals surface area (Å²) >= 11 is 0. The summed E-state index contributed by atoms with van der Waals surface area (Å²) in [6.07, 6.45) is -0.872.